The molecule has 0 aromatic heterocycles. The smallest absolute Gasteiger partial charge is 0.275 e. The van der Waals surface area contributed by atoms with Crippen molar-refractivity contribution in [3.8, 4) is 0 Å². The summed E-state index contributed by atoms with van der Waals surface area (Å²) in [5.41, 5.74) is 0. The van der Waals surface area contributed by atoms with E-state index in [0.717, 1.165) is 6.08 Å². The Morgan fingerprint density at radius 2 is 2.00 bits per heavy atom. The van der Waals surface area contributed by atoms with E-state index in [9.17, 15) is 4.79 Å². The average molecular weight is 189 g/mol. The van der Waals surface area contributed by atoms with Gasteiger partial charge in [0, 0.05) is 21.3 Å². The Balaban J connectivity index is 4.36. The van der Waals surface area contributed by atoms with Crippen LogP contribution in [-0.2, 0) is 19.0 Å². The van der Waals surface area contributed by atoms with Crippen molar-refractivity contribution in [1.29, 1.82) is 0 Å². The van der Waals surface area contributed by atoms with Gasteiger partial charge in [-0.1, -0.05) is 6.58 Å². The molecule has 5 heteroatoms. The summed E-state index contributed by atoms with van der Waals surface area (Å²) in [6.45, 7) is 3.41. The third-order valence-electron chi connectivity index (χ3n) is 1.49. The fourth-order valence-corrected chi connectivity index (χ4v) is 0.768. The molecule has 1 N–H and O–H groups in total. The van der Waals surface area contributed by atoms with Crippen LogP contribution < -0.4 is 5.32 Å². The molecular weight excluding hydrogens is 174 g/mol. The van der Waals surface area contributed by atoms with Crippen LogP contribution >= 0.6 is 0 Å². The van der Waals surface area contributed by atoms with Crippen molar-refractivity contribution >= 4 is 5.91 Å². The van der Waals surface area contributed by atoms with Gasteiger partial charge in [-0.2, -0.15) is 0 Å². The van der Waals surface area contributed by atoms with Gasteiger partial charge in [-0.3, -0.25) is 10.1 Å². The molecule has 0 spiro atoms. The lowest BCUT2D eigenvalue weighted by atomic mass is 10.4. The molecule has 0 atom stereocenters. The van der Waals surface area contributed by atoms with Crippen LogP contribution in [0.25, 0.3) is 0 Å². The SMILES string of the molecule is C=CC(=O)NC(COC)(OC)OC. The lowest BCUT2D eigenvalue weighted by Gasteiger charge is -2.29. The highest BCUT2D eigenvalue weighted by Crippen LogP contribution is 2.06. The fourth-order valence-electron chi connectivity index (χ4n) is 0.768. The second kappa shape index (κ2) is 5.69. The Labute approximate surface area is 77.7 Å². The van der Waals surface area contributed by atoms with Gasteiger partial charge in [0.15, 0.2) is 0 Å². The quantitative estimate of drug-likeness (QED) is 0.467. The Kier molecular flexibility index (Phi) is 5.29. The molecule has 0 bridgehead atoms. The molecule has 1 amide bonds. The minimum Gasteiger partial charge on any atom is -0.377 e. The van der Waals surface area contributed by atoms with E-state index in [-0.39, 0.29) is 12.5 Å². The maximum Gasteiger partial charge on any atom is 0.275 e. The summed E-state index contributed by atoms with van der Waals surface area (Å²) in [6, 6.07) is 0. The van der Waals surface area contributed by atoms with Crippen molar-refractivity contribution in [3.63, 3.8) is 0 Å². The number of hydrogen-bond acceptors (Lipinski definition) is 4. The number of amides is 1. The third-order valence-corrected chi connectivity index (χ3v) is 1.49. The van der Waals surface area contributed by atoms with Gasteiger partial charge in [-0.05, 0) is 6.08 Å². The highest BCUT2D eigenvalue weighted by Gasteiger charge is 2.30. The zero-order chi connectivity index (χ0) is 10.3. The van der Waals surface area contributed by atoms with Gasteiger partial charge in [0.2, 0.25) is 5.91 Å². The van der Waals surface area contributed by atoms with Gasteiger partial charge in [-0.25, -0.2) is 0 Å². The third kappa shape index (κ3) is 3.54. The first-order chi connectivity index (χ1) is 6.14. The van der Waals surface area contributed by atoms with Crippen LogP contribution in [0.1, 0.15) is 0 Å². The van der Waals surface area contributed by atoms with Crippen LogP contribution in [0, 0.1) is 0 Å². The molecule has 0 aromatic carbocycles. The molecule has 0 fully saturated rings. The molecule has 0 rings (SSSR count). The van der Waals surface area contributed by atoms with Crippen LogP contribution in [0.5, 0.6) is 0 Å². The van der Waals surface area contributed by atoms with Crippen LogP contribution in [0.2, 0.25) is 0 Å². The first kappa shape index (κ1) is 12.1. The minimum absolute atomic E-state index is 0.0968. The van der Waals surface area contributed by atoms with Crippen molar-refractivity contribution < 1.29 is 19.0 Å². The van der Waals surface area contributed by atoms with Gasteiger partial charge in [0.1, 0.15) is 6.61 Å². The molecule has 76 valence electrons. The number of ether oxygens (including phenoxy) is 3. The van der Waals surface area contributed by atoms with Crippen molar-refractivity contribution in [2.75, 3.05) is 27.9 Å². The Morgan fingerprint density at radius 1 is 1.46 bits per heavy atom. The normalized spacial score (nSPS) is 11.0. The standard InChI is InChI=1S/C8H15NO4/c1-5-7(10)9-8(12-3,13-4)6-11-2/h5H,1,6H2,2-4H3,(H,9,10). The molecule has 0 saturated heterocycles. The van der Waals surface area contributed by atoms with E-state index < -0.39 is 5.91 Å². The molecule has 5 nitrogen and oxygen atoms in total. The molecule has 0 radical (unpaired) electrons. The first-order valence-corrected chi connectivity index (χ1v) is 3.68. The summed E-state index contributed by atoms with van der Waals surface area (Å²) in [7, 11) is 4.30. The topological polar surface area (TPSA) is 56.8 Å². The second-order valence-corrected chi connectivity index (χ2v) is 2.29. The zero-order valence-corrected chi connectivity index (χ0v) is 8.12. The number of carbonyl (C=O) groups excluding carboxylic acids is 1. The molecule has 0 aromatic rings. The summed E-state index contributed by atoms with van der Waals surface area (Å²) in [4.78, 5) is 11.0. The molecule has 0 unspecified atom stereocenters. The Morgan fingerprint density at radius 3 is 2.31 bits per heavy atom. The Hall–Kier alpha value is -0.910. The average Bonchev–Trinajstić information content (AvgIpc) is 2.17. The van der Waals surface area contributed by atoms with E-state index in [1.54, 1.807) is 0 Å². The molecule has 0 saturated carbocycles. The largest absolute Gasteiger partial charge is 0.377 e. The van der Waals surface area contributed by atoms with E-state index >= 15 is 0 Å². The highest BCUT2D eigenvalue weighted by atomic mass is 16.7. The lowest BCUT2D eigenvalue weighted by molar-refractivity contribution is -0.247. The van der Waals surface area contributed by atoms with Gasteiger partial charge >= 0.3 is 0 Å². The van der Waals surface area contributed by atoms with E-state index in [1.807, 2.05) is 0 Å². The molecule has 13 heavy (non-hydrogen) atoms. The van der Waals surface area contributed by atoms with E-state index in [2.05, 4.69) is 11.9 Å². The minimum atomic E-state index is -1.24. The van der Waals surface area contributed by atoms with Crippen molar-refractivity contribution in [1.82, 2.24) is 5.32 Å². The number of methoxy groups -OCH3 is 3. The molecule has 0 aliphatic carbocycles. The summed E-state index contributed by atoms with van der Waals surface area (Å²) in [6.07, 6.45) is 1.13. The second-order valence-electron chi connectivity index (χ2n) is 2.29. The zero-order valence-electron chi connectivity index (χ0n) is 8.12. The van der Waals surface area contributed by atoms with Crippen LogP contribution in [0.3, 0.4) is 0 Å². The molecule has 0 heterocycles. The summed E-state index contributed by atoms with van der Waals surface area (Å²) < 4.78 is 14.8. The molecular formula is C8H15NO4. The van der Waals surface area contributed by atoms with Crippen LogP contribution in [0.4, 0.5) is 0 Å². The van der Waals surface area contributed by atoms with Crippen molar-refractivity contribution in [2.45, 2.75) is 5.91 Å². The maximum atomic E-state index is 11.0. The number of nitrogens with one attached hydrogen (secondary N) is 1. The fraction of sp³-hybridized carbons (Fsp3) is 0.625. The monoisotopic (exact) mass is 189 g/mol. The highest BCUT2D eigenvalue weighted by molar-refractivity contribution is 5.87. The summed E-state index contributed by atoms with van der Waals surface area (Å²) in [5, 5.41) is 2.45. The van der Waals surface area contributed by atoms with Crippen LogP contribution in [-0.4, -0.2) is 39.8 Å². The lowest BCUT2D eigenvalue weighted by Crippen LogP contribution is -2.54. The van der Waals surface area contributed by atoms with Gasteiger partial charge in [0.05, 0.1) is 0 Å². The van der Waals surface area contributed by atoms with Crippen molar-refractivity contribution in [3.05, 3.63) is 12.7 Å². The van der Waals surface area contributed by atoms with E-state index in [1.165, 1.54) is 21.3 Å². The summed E-state index contributed by atoms with van der Waals surface area (Å²) in [5.74, 6) is -1.62. The van der Waals surface area contributed by atoms with Gasteiger partial charge in [-0.15, -0.1) is 0 Å². The number of hydrogen-bond donors (Lipinski definition) is 1. The summed E-state index contributed by atoms with van der Waals surface area (Å²) >= 11 is 0. The number of rotatable bonds is 6. The molecule has 0 aliphatic heterocycles. The van der Waals surface area contributed by atoms with Crippen molar-refractivity contribution in [2.24, 2.45) is 0 Å². The van der Waals surface area contributed by atoms with Gasteiger partial charge < -0.3 is 14.2 Å². The molecule has 0 aliphatic rings. The van der Waals surface area contributed by atoms with Gasteiger partial charge in [0.25, 0.3) is 5.91 Å². The van der Waals surface area contributed by atoms with E-state index in [0.29, 0.717) is 0 Å². The Bertz CT molecular complexity index is 177. The van der Waals surface area contributed by atoms with E-state index in [4.69, 9.17) is 14.2 Å². The number of carbonyl (C=O) groups is 1. The van der Waals surface area contributed by atoms with Crippen LogP contribution in [0.15, 0.2) is 12.7 Å². The maximum absolute atomic E-state index is 11.0. The predicted octanol–water partition coefficient (Wildman–Crippen LogP) is -0.118. The first-order valence-electron chi connectivity index (χ1n) is 3.68. The predicted molar refractivity (Wildman–Crippen MR) is 47.0 cm³/mol.